The highest BCUT2D eigenvalue weighted by molar-refractivity contribution is 5.79. The third-order valence-electron chi connectivity index (χ3n) is 4.03. The summed E-state index contributed by atoms with van der Waals surface area (Å²) in [4.78, 5) is 25.1. The molecule has 2 aromatic carbocycles. The number of likely N-dealkylation sites (N-methyl/N-ethyl adjacent to an activating group) is 1. The number of hydrogen-bond acceptors (Lipinski definition) is 5. The number of benzene rings is 2. The number of hydrogen-bond donors (Lipinski definition) is 0. The maximum atomic E-state index is 12.2. The normalized spacial score (nSPS) is 10.6. The monoisotopic (exact) mass is 367 g/mol. The van der Waals surface area contributed by atoms with E-state index in [0.717, 1.165) is 17.6 Å². The van der Waals surface area contributed by atoms with E-state index in [9.17, 15) is 9.59 Å². The van der Waals surface area contributed by atoms with E-state index in [0.29, 0.717) is 24.5 Å². The molecule has 0 aliphatic rings. The van der Waals surface area contributed by atoms with E-state index in [1.165, 1.54) is 6.07 Å². The van der Waals surface area contributed by atoms with Crippen molar-refractivity contribution in [2.75, 3.05) is 26.8 Å². The van der Waals surface area contributed by atoms with Crippen LogP contribution in [0.4, 0.5) is 0 Å². The molecule has 0 aliphatic carbocycles. The molecule has 3 aromatic rings. The van der Waals surface area contributed by atoms with Crippen LogP contribution >= 0.6 is 0 Å². The maximum absolute atomic E-state index is 12.2. The maximum Gasteiger partial charge on any atom is 0.336 e. The van der Waals surface area contributed by atoms with Crippen molar-refractivity contribution >= 4 is 16.9 Å². The molecule has 0 radical (unpaired) electrons. The number of rotatable bonds is 8. The highest BCUT2D eigenvalue weighted by atomic mass is 16.5. The number of fused-ring (bicyclic) bond motifs is 1. The highest BCUT2D eigenvalue weighted by Gasteiger charge is 2.10. The standard InChI is InChI=1S/C21H21NO5/c1-22(12-5-13-25-17-6-3-2-4-7-17)20(23)15-26-18-10-8-16-9-11-21(24)27-19(16)14-18/h2-4,6-11,14H,5,12-13,15H2,1H3. The van der Waals surface area contributed by atoms with Gasteiger partial charge < -0.3 is 18.8 Å². The Morgan fingerprint density at radius 2 is 1.78 bits per heavy atom. The minimum absolute atomic E-state index is 0.0847. The summed E-state index contributed by atoms with van der Waals surface area (Å²) in [5, 5.41) is 0.795. The lowest BCUT2D eigenvalue weighted by Crippen LogP contribution is -2.32. The van der Waals surface area contributed by atoms with Crippen molar-refractivity contribution in [1.29, 1.82) is 0 Å². The van der Waals surface area contributed by atoms with Gasteiger partial charge in [0.1, 0.15) is 17.1 Å². The van der Waals surface area contributed by atoms with Crippen LogP contribution in [0.2, 0.25) is 0 Å². The van der Waals surface area contributed by atoms with Crippen LogP contribution in [-0.4, -0.2) is 37.6 Å². The first-order chi connectivity index (χ1) is 13.1. The molecular weight excluding hydrogens is 346 g/mol. The summed E-state index contributed by atoms with van der Waals surface area (Å²) in [6.07, 6.45) is 0.721. The van der Waals surface area contributed by atoms with Gasteiger partial charge in [0.15, 0.2) is 6.61 Å². The largest absolute Gasteiger partial charge is 0.494 e. The van der Waals surface area contributed by atoms with Crippen LogP contribution in [-0.2, 0) is 4.79 Å². The molecular formula is C21H21NO5. The van der Waals surface area contributed by atoms with Gasteiger partial charge in [-0.3, -0.25) is 4.79 Å². The van der Waals surface area contributed by atoms with Crippen LogP contribution < -0.4 is 15.1 Å². The average Bonchev–Trinajstić information content (AvgIpc) is 2.69. The molecule has 0 bridgehead atoms. The number of ether oxygens (including phenoxy) is 2. The van der Waals surface area contributed by atoms with E-state index in [1.54, 1.807) is 36.2 Å². The van der Waals surface area contributed by atoms with Gasteiger partial charge in [-0.2, -0.15) is 0 Å². The van der Waals surface area contributed by atoms with E-state index in [1.807, 2.05) is 30.3 Å². The van der Waals surface area contributed by atoms with Crippen LogP contribution in [0.15, 0.2) is 69.9 Å². The fourth-order valence-electron chi connectivity index (χ4n) is 2.52. The van der Waals surface area contributed by atoms with Crippen molar-refractivity contribution in [2.24, 2.45) is 0 Å². The molecule has 3 rings (SSSR count). The predicted molar refractivity (Wildman–Crippen MR) is 102 cm³/mol. The number of nitrogens with zero attached hydrogens (tertiary/aromatic N) is 1. The molecule has 140 valence electrons. The molecule has 0 saturated carbocycles. The minimum Gasteiger partial charge on any atom is -0.494 e. The van der Waals surface area contributed by atoms with Gasteiger partial charge in [-0.1, -0.05) is 18.2 Å². The Morgan fingerprint density at radius 1 is 1.00 bits per heavy atom. The van der Waals surface area contributed by atoms with Crippen LogP contribution in [0, 0.1) is 0 Å². The van der Waals surface area contributed by atoms with E-state index < -0.39 is 5.63 Å². The summed E-state index contributed by atoms with van der Waals surface area (Å²) in [6, 6.07) is 17.7. The van der Waals surface area contributed by atoms with Gasteiger partial charge in [0.2, 0.25) is 0 Å². The van der Waals surface area contributed by atoms with Crippen LogP contribution in [0.3, 0.4) is 0 Å². The van der Waals surface area contributed by atoms with Crippen molar-refractivity contribution in [3.8, 4) is 11.5 Å². The Kier molecular flexibility index (Phi) is 6.10. The zero-order valence-electron chi connectivity index (χ0n) is 15.1. The van der Waals surface area contributed by atoms with Crippen molar-refractivity contribution in [1.82, 2.24) is 4.90 Å². The molecule has 0 fully saturated rings. The van der Waals surface area contributed by atoms with Crippen LogP contribution in [0.1, 0.15) is 6.42 Å². The first-order valence-corrected chi connectivity index (χ1v) is 8.70. The molecule has 0 atom stereocenters. The molecule has 1 aromatic heterocycles. The van der Waals surface area contributed by atoms with Gasteiger partial charge in [0, 0.05) is 31.1 Å². The number of carbonyl (C=O) groups excluding carboxylic acids is 1. The molecule has 27 heavy (non-hydrogen) atoms. The van der Waals surface area contributed by atoms with Gasteiger partial charge in [-0.05, 0) is 36.8 Å². The van der Waals surface area contributed by atoms with Crippen LogP contribution in [0.25, 0.3) is 11.0 Å². The van der Waals surface area contributed by atoms with Crippen molar-refractivity contribution < 1.29 is 18.7 Å². The second kappa shape index (κ2) is 8.89. The summed E-state index contributed by atoms with van der Waals surface area (Å²) >= 11 is 0. The van der Waals surface area contributed by atoms with Crippen LogP contribution in [0.5, 0.6) is 11.5 Å². The van der Waals surface area contributed by atoms with Crippen molar-refractivity contribution in [3.63, 3.8) is 0 Å². The summed E-state index contributed by atoms with van der Waals surface area (Å²) in [7, 11) is 1.73. The zero-order valence-corrected chi connectivity index (χ0v) is 15.1. The van der Waals surface area contributed by atoms with Gasteiger partial charge >= 0.3 is 5.63 Å². The third-order valence-corrected chi connectivity index (χ3v) is 4.03. The summed E-state index contributed by atoms with van der Waals surface area (Å²) in [6.45, 7) is 1.02. The predicted octanol–water partition coefficient (Wildman–Crippen LogP) is 3.10. The molecule has 6 nitrogen and oxygen atoms in total. The third kappa shape index (κ3) is 5.34. The Balaban J connectivity index is 1.43. The van der Waals surface area contributed by atoms with E-state index in [4.69, 9.17) is 13.9 Å². The summed E-state index contributed by atoms with van der Waals surface area (Å²) in [5.74, 6) is 1.16. The topological polar surface area (TPSA) is 69.0 Å². The SMILES string of the molecule is CN(CCCOc1ccccc1)C(=O)COc1ccc2ccc(=O)oc2c1. The molecule has 0 aliphatic heterocycles. The number of amides is 1. The van der Waals surface area contributed by atoms with Gasteiger partial charge in [0.25, 0.3) is 5.91 Å². The van der Waals surface area contributed by atoms with E-state index in [2.05, 4.69) is 0 Å². The number of para-hydroxylation sites is 1. The number of carbonyl (C=O) groups is 1. The Morgan fingerprint density at radius 3 is 2.59 bits per heavy atom. The van der Waals surface area contributed by atoms with Crippen molar-refractivity contribution in [2.45, 2.75) is 6.42 Å². The Bertz CT molecular complexity index is 951. The molecule has 0 N–H and O–H groups in total. The lowest BCUT2D eigenvalue weighted by molar-refractivity contribution is -0.132. The summed E-state index contributed by atoms with van der Waals surface area (Å²) < 4.78 is 16.3. The van der Waals surface area contributed by atoms with Crippen molar-refractivity contribution in [3.05, 3.63) is 71.1 Å². The average molecular weight is 367 g/mol. The minimum atomic E-state index is -0.423. The highest BCUT2D eigenvalue weighted by Crippen LogP contribution is 2.19. The molecule has 0 spiro atoms. The smallest absolute Gasteiger partial charge is 0.336 e. The summed E-state index contributed by atoms with van der Waals surface area (Å²) in [5.41, 5.74) is 0.00652. The van der Waals surface area contributed by atoms with Gasteiger partial charge in [-0.25, -0.2) is 4.79 Å². The first kappa shape index (κ1) is 18.5. The Hall–Kier alpha value is -3.28. The molecule has 6 heteroatoms. The molecule has 1 amide bonds. The molecule has 1 heterocycles. The molecule has 0 saturated heterocycles. The fourth-order valence-corrected chi connectivity index (χ4v) is 2.52. The zero-order chi connectivity index (χ0) is 19.1. The Labute approximate surface area is 156 Å². The van der Waals surface area contributed by atoms with Gasteiger partial charge in [-0.15, -0.1) is 0 Å². The van der Waals surface area contributed by atoms with E-state index >= 15 is 0 Å². The lowest BCUT2D eigenvalue weighted by Gasteiger charge is -2.17. The van der Waals surface area contributed by atoms with Gasteiger partial charge in [0.05, 0.1) is 6.61 Å². The quantitative estimate of drug-likeness (QED) is 0.452. The second-order valence-corrected chi connectivity index (χ2v) is 6.07. The fraction of sp³-hybridized carbons (Fsp3) is 0.238. The molecule has 0 unspecified atom stereocenters. The first-order valence-electron chi connectivity index (χ1n) is 8.70. The lowest BCUT2D eigenvalue weighted by atomic mass is 10.2. The van der Waals surface area contributed by atoms with E-state index in [-0.39, 0.29) is 12.5 Å². The second-order valence-electron chi connectivity index (χ2n) is 6.07.